The molecule has 2 aromatic rings. The fraction of sp³-hybridized carbons (Fsp3) is 0.105. The Morgan fingerprint density at radius 3 is 1.83 bits per heavy atom. The van der Waals surface area contributed by atoms with Crippen molar-refractivity contribution in [3.63, 3.8) is 0 Å². The first-order chi connectivity index (χ1) is 11.2. The quantitative estimate of drug-likeness (QED) is 0.652. The Labute approximate surface area is 135 Å². The minimum Gasteiger partial charge on any atom is -0.496 e. The van der Waals surface area contributed by atoms with Gasteiger partial charge in [0.2, 0.25) is 0 Å². The second-order valence-electron chi connectivity index (χ2n) is 4.68. The van der Waals surface area contributed by atoms with E-state index in [9.17, 15) is 4.79 Å². The molecule has 0 atom stereocenters. The number of benzene rings is 2. The molecule has 0 aliphatic rings. The van der Waals surface area contributed by atoms with E-state index < -0.39 is 5.97 Å². The van der Waals surface area contributed by atoms with E-state index in [0.29, 0.717) is 11.5 Å². The lowest BCUT2D eigenvalue weighted by molar-refractivity contribution is -0.131. The maximum Gasteiger partial charge on any atom is 0.328 e. The normalized spacial score (nSPS) is 10.3. The Balaban J connectivity index is 2.63. The smallest absolute Gasteiger partial charge is 0.328 e. The number of rotatable bonds is 6. The third-order valence-corrected chi connectivity index (χ3v) is 3.30. The SMILES string of the molecule is COc1ccccc1C(=CC=CC(=O)O)c1ccccc1OC. The number of hydrogen-bond acceptors (Lipinski definition) is 3. The number of aliphatic carboxylic acids is 1. The van der Waals surface area contributed by atoms with Crippen LogP contribution in [0.2, 0.25) is 0 Å². The molecular formula is C19H18O4. The minimum atomic E-state index is -0.999. The van der Waals surface area contributed by atoms with Crippen LogP contribution in [-0.4, -0.2) is 25.3 Å². The molecule has 0 bridgehead atoms. The molecule has 0 saturated heterocycles. The van der Waals surface area contributed by atoms with E-state index in [1.165, 1.54) is 6.08 Å². The average Bonchev–Trinajstić information content (AvgIpc) is 2.58. The Morgan fingerprint density at radius 1 is 0.913 bits per heavy atom. The van der Waals surface area contributed by atoms with Crippen LogP contribution < -0.4 is 9.47 Å². The number of carboxylic acid groups (broad SMARTS) is 1. The van der Waals surface area contributed by atoms with Crippen LogP contribution in [0.1, 0.15) is 11.1 Å². The summed E-state index contributed by atoms with van der Waals surface area (Å²) in [5.74, 6) is 0.405. The average molecular weight is 310 g/mol. The molecule has 118 valence electrons. The Morgan fingerprint density at radius 2 is 1.39 bits per heavy atom. The molecule has 0 saturated carbocycles. The Kier molecular flexibility index (Phi) is 5.58. The first-order valence-electron chi connectivity index (χ1n) is 7.05. The van der Waals surface area contributed by atoms with Crippen molar-refractivity contribution < 1.29 is 19.4 Å². The zero-order chi connectivity index (χ0) is 16.7. The van der Waals surface area contributed by atoms with E-state index in [2.05, 4.69) is 0 Å². The van der Waals surface area contributed by atoms with Gasteiger partial charge >= 0.3 is 5.97 Å². The summed E-state index contributed by atoms with van der Waals surface area (Å²) in [5.41, 5.74) is 2.53. The molecule has 1 N–H and O–H groups in total. The predicted molar refractivity (Wildman–Crippen MR) is 89.8 cm³/mol. The number of ether oxygens (including phenoxy) is 2. The molecule has 0 aromatic heterocycles. The van der Waals surface area contributed by atoms with Crippen molar-refractivity contribution in [2.24, 2.45) is 0 Å². The molecule has 23 heavy (non-hydrogen) atoms. The van der Waals surface area contributed by atoms with Crippen LogP contribution in [0.4, 0.5) is 0 Å². The number of carboxylic acids is 1. The molecule has 0 aliphatic heterocycles. The van der Waals surface area contributed by atoms with Crippen LogP contribution in [0.5, 0.6) is 11.5 Å². The van der Waals surface area contributed by atoms with Crippen LogP contribution in [0.3, 0.4) is 0 Å². The summed E-state index contributed by atoms with van der Waals surface area (Å²) in [6.07, 6.45) is 4.32. The summed E-state index contributed by atoms with van der Waals surface area (Å²) in [7, 11) is 3.21. The molecule has 0 amide bonds. The second kappa shape index (κ2) is 7.84. The van der Waals surface area contributed by atoms with Crippen molar-refractivity contribution in [3.8, 4) is 11.5 Å². The van der Waals surface area contributed by atoms with Crippen LogP contribution >= 0.6 is 0 Å². The van der Waals surface area contributed by atoms with Crippen LogP contribution in [0.15, 0.2) is 66.8 Å². The standard InChI is InChI=1S/C19H18O4/c1-22-17-11-5-3-8-15(17)14(10-7-13-19(20)21)16-9-4-6-12-18(16)23-2/h3-13H,1-2H3,(H,20,21). The minimum absolute atomic E-state index is 0.702. The first-order valence-corrected chi connectivity index (χ1v) is 7.05. The number of methoxy groups -OCH3 is 2. The van der Waals surface area contributed by atoms with Crippen molar-refractivity contribution in [2.45, 2.75) is 0 Å². The fourth-order valence-corrected chi connectivity index (χ4v) is 2.29. The van der Waals surface area contributed by atoms with Gasteiger partial charge in [0, 0.05) is 17.2 Å². The summed E-state index contributed by atoms with van der Waals surface area (Å²) in [4.78, 5) is 10.7. The highest BCUT2D eigenvalue weighted by atomic mass is 16.5. The third-order valence-electron chi connectivity index (χ3n) is 3.30. The highest BCUT2D eigenvalue weighted by Gasteiger charge is 2.13. The van der Waals surface area contributed by atoms with E-state index in [0.717, 1.165) is 22.8 Å². The second-order valence-corrected chi connectivity index (χ2v) is 4.68. The Bertz CT molecular complexity index is 695. The molecule has 2 rings (SSSR count). The van der Waals surface area contributed by atoms with E-state index >= 15 is 0 Å². The maximum absolute atomic E-state index is 10.7. The van der Waals surface area contributed by atoms with Gasteiger partial charge in [0.15, 0.2) is 0 Å². The summed E-state index contributed by atoms with van der Waals surface area (Å²) in [6, 6.07) is 15.1. The van der Waals surface area contributed by atoms with E-state index in [1.54, 1.807) is 20.3 Å². The zero-order valence-electron chi connectivity index (χ0n) is 13.0. The molecule has 0 spiro atoms. The summed E-state index contributed by atoms with van der Waals surface area (Å²) in [5, 5.41) is 8.80. The van der Waals surface area contributed by atoms with Crippen molar-refractivity contribution >= 4 is 11.5 Å². The van der Waals surface area contributed by atoms with Gasteiger partial charge in [0.05, 0.1) is 14.2 Å². The largest absolute Gasteiger partial charge is 0.496 e. The lowest BCUT2D eigenvalue weighted by Gasteiger charge is -2.15. The highest BCUT2D eigenvalue weighted by Crippen LogP contribution is 2.35. The third kappa shape index (κ3) is 4.01. The fourth-order valence-electron chi connectivity index (χ4n) is 2.29. The number of allylic oxidation sites excluding steroid dienone is 2. The van der Waals surface area contributed by atoms with Gasteiger partial charge in [-0.1, -0.05) is 48.6 Å². The predicted octanol–water partition coefficient (Wildman–Crippen LogP) is 3.78. The summed E-state index contributed by atoms with van der Waals surface area (Å²) in [6.45, 7) is 0. The lowest BCUT2D eigenvalue weighted by Crippen LogP contribution is -1.96. The summed E-state index contributed by atoms with van der Waals surface area (Å²) >= 11 is 0. The molecule has 4 heteroatoms. The van der Waals surface area contributed by atoms with Crippen molar-refractivity contribution in [2.75, 3.05) is 14.2 Å². The zero-order valence-corrected chi connectivity index (χ0v) is 13.0. The summed E-state index contributed by atoms with van der Waals surface area (Å²) < 4.78 is 10.9. The van der Waals surface area contributed by atoms with Crippen molar-refractivity contribution in [3.05, 3.63) is 77.9 Å². The first kappa shape index (κ1) is 16.4. The van der Waals surface area contributed by atoms with Crippen LogP contribution in [-0.2, 0) is 4.79 Å². The van der Waals surface area contributed by atoms with Gasteiger partial charge in [-0.25, -0.2) is 4.79 Å². The number of carbonyl (C=O) groups is 1. The van der Waals surface area contributed by atoms with Gasteiger partial charge in [-0.15, -0.1) is 0 Å². The van der Waals surface area contributed by atoms with E-state index in [-0.39, 0.29) is 0 Å². The monoisotopic (exact) mass is 310 g/mol. The van der Waals surface area contributed by atoms with Gasteiger partial charge < -0.3 is 14.6 Å². The maximum atomic E-state index is 10.7. The molecular weight excluding hydrogens is 292 g/mol. The van der Waals surface area contributed by atoms with Crippen LogP contribution in [0, 0.1) is 0 Å². The molecule has 2 aromatic carbocycles. The van der Waals surface area contributed by atoms with Gasteiger partial charge in [-0.05, 0) is 17.7 Å². The Hall–Kier alpha value is -3.01. The molecule has 0 heterocycles. The number of para-hydroxylation sites is 2. The molecule has 4 nitrogen and oxygen atoms in total. The highest BCUT2D eigenvalue weighted by molar-refractivity contribution is 5.87. The van der Waals surface area contributed by atoms with E-state index in [4.69, 9.17) is 14.6 Å². The van der Waals surface area contributed by atoms with Crippen LogP contribution in [0.25, 0.3) is 5.57 Å². The topological polar surface area (TPSA) is 55.8 Å². The molecule has 0 aliphatic carbocycles. The van der Waals surface area contributed by atoms with Crippen molar-refractivity contribution in [1.29, 1.82) is 0 Å². The van der Waals surface area contributed by atoms with Gasteiger partial charge in [0.1, 0.15) is 11.5 Å². The lowest BCUT2D eigenvalue weighted by atomic mass is 9.95. The van der Waals surface area contributed by atoms with Gasteiger partial charge in [0.25, 0.3) is 0 Å². The van der Waals surface area contributed by atoms with E-state index in [1.807, 2.05) is 48.5 Å². The van der Waals surface area contributed by atoms with Crippen molar-refractivity contribution in [1.82, 2.24) is 0 Å². The van der Waals surface area contributed by atoms with Gasteiger partial charge in [-0.2, -0.15) is 0 Å². The number of hydrogen-bond donors (Lipinski definition) is 1. The molecule has 0 fully saturated rings. The molecule has 0 radical (unpaired) electrons. The van der Waals surface area contributed by atoms with Gasteiger partial charge in [-0.3, -0.25) is 0 Å². The molecule has 0 unspecified atom stereocenters.